The van der Waals surface area contributed by atoms with E-state index in [1.54, 1.807) is 19.2 Å². The lowest BCUT2D eigenvalue weighted by molar-refractivity contribution is 0.392. The number of hydrogen-bond acceptors (Lipinski definition) is 7. The van der Waals surface area contributed by atoms with Crippen molar-refractivity contribution >= 4 is 5.82 Å². The Morgan fingerprint density at radius 3 is 2.68 bits per heavy atom. The molecule has 1 aliphatic carbocycles. The molecular weight excluding hydrogens is 244 g/mol. The molecule has 0 bridgehead atoms. The van der Waals surface area contributed by atoms with Gasteiger partial charge in [-0.15, -0.1) is 10.2 Å². The zero-order valence-electron chi connectivity index (χ0n) is 10.5. The van der Waals surface area contributed by atoms with E-state index in [4.69, 9.17) is 10.6 Å². The summed E-state index contributed by atoms with van der Waals surface area (Å²) in [7, 11) is 1.55. The van der Waals surface area contributed by atoms with Gasteiger partial charge in [0.1, 0.15) is 11.5 Å². The van der Waals surface area contributed by atoms with Crippen LogP contribution >= 0.6 is 0 Å². The summed E-state index contributed by atoms with van der Waals surface area (Å²) in [5.41, 5.74) is 4.15. The standard InChI is InChI=1S/C12H14N6O/c1-19-11-5-4-8(17-18-11)12-14-9(7-2-3-7)6-10(15-12)16-13/h4-7H,2-3,13H2,1H3,(H,14,15,16). The first-order chi connectivity index (χ1) is 9.30. The molecule has 3 N–H and O–H groups in total. The monoisotopic (exact) mass is 258 g/mol. The van der Waals surface area contributed by atoms with Crippen LogP contribution in [0.2, 0.25) is 0 Å². The van der Waals surface area contributed by atoms with E-state index in [1.165, 1.54) is 0 Å². The van der Waals surface area contributed by atoms with Crippen molar-refractivity contribution in [3.05, 3.63) is 23.9 Å². The maximum atomic E-state index is 5.44. The lowest BCUT2D eigenvalue weighted by Crippen LogP contribution is -2.10. The summed E-state index contributed by atoms with van der Waals surface area (Å²) < 4.78 is 4.98. The van der Waals surface area contributed by atoms with Crippen LogP contribution in [-0.2, 0) is 0 Å². The van der Waals surface area contributed by atoms with Gasteiger partial charge in [-0.2, -0.15) is 0 Å². The van der Waals surface area contributed by atoms with Crippen molar-refractivity contribution in [3.8, 4) is 17.4 Å². The van der Waals surface area contributed by atoms with Crippen LogP contribution in [0.5, 0.6) is 5.88 Å². The predicted octanol–water partition coefficient (Wildman–Crippen LogP) is 1.11. The number of methoxy groups -OCH3 is 1. The highest BCUT2D eigenvalue weighted by Gasteiger charge is 2.26. The third-order valence-electron chi connectivity index (χ3n) is 2.97. The van der Waals surface area contributed by atoms with E-state index in [0.29, 0.717) is 29.1 Å². The minimum Gasteiger partial charge on any atom is -0.480 e. The van der Waals surface area contributed by atoms with Gasteiger partial charge in [0.05, 0.1) is 7.11 Å². The van der Waals surface area contributed by atoms with E-state index < -0.39 is 0 Å². The maximum Gasteiger partial charge on any atom is 0.233 e. The van der Waals surface area contributed by atoms with Gasteiger partial charge in [0.2, 0.25) is 5.88 Å². The van der Waals surface area contributed by atoms with Gasteiger partial charge in [-0.1, -0.05) is 0 Å². The number of aromatic nitrogens is 4. The van der Waals surface area contributed by atoms with Crippen LogP contribution < -0.4 is 16.0 Å². The van der Waals surface area contributed by atoms with Crippen LogP contribution in [0.3, 0.4) is 0 Å². The fourth-order valence-corrected chi connectivity index (χ4v) is 1.79. The number of nitrogens with two attached hydrogens (primary N) is 1. The van der Waals surface area contributed by atoms with E-state index >= 15 is 0 Å². The van der Waals surface area contributed by atoms with Gasteiger partial charge in [0.25, 0.3) is 0 Å². The predicted molar refractivity (Wildman–Crippen MR) is 69.4 cm³/mol. The van der Waals surface area contributed by atoms with Gasteiger partial charge >= 0.3 is 0 Å². The molecule has 7 heteroatoms. The van der Waals surface area contributed by atoms with Crippen molar-refractivity contribution in [1.82, 2.24) is 20.2 Å². The van der Waals surface area contributed by atoms with Crippen LogP contribution in [0.25, 0.3) is 11.5 Å². The highest BCUT2D eigenvalue weighted by atomic mass is 16.5. The first-order valence-electron chi connectivity index (χ1n) is 6.04. The van der Waals surface area contributed by atoms with E-state index in [-0.39, 0.29) is 0 Å². The van der Waals surface area contributed by atoms with Crippen molar-refractivity contribution in [3.63, 3.8) is 0 Å². The van der Waals surface area contributed by atoms with E-state index in [0.717, 1.165) is 18.5 Å². The highest BCUT2D eigenvalue weighted by molar-refractivity contribution is 5.53. The number of nitrogens with zero attached hydrogens (tertiary/aromatic N) is 4. The normalized spacial score (nSPS) is 14.2. The van der Waals surface area contributed by atoms with Gasteiger partial charge in [-0.25, -0.2) is 15.8 Å². The Morgan fingerprint density at radius 2 is 2.11 bits per heavy atom. The smallest absolute Gasteiger partial charge is 0.233 e. The largest absolute Gasteiger partial charge is 0.480 e. The van der Waals surface area contributed by atoms with Crippen LogP contribution in [0.4, 0.5) is 5.82 Å². The van der Waals surface area contributed by atoms with Gasteiger partial charge in [0.15, 0.2) is 5.82 Å². The van der Waals surface area contributed by atoms with Gasteiger partial charge in [-0.05, 0) is 18.9 Å². The Hall–Kier alpha value is -2.28. The summed E-state index contributed by atoms with van der Waals surface area (Å²) >= 11 is 0. The molecule has 3 rings (SSSR count). The molecule has 1 saturated carbocycles. The van der Waals surface area contributed by atoms with Crippen LogP contribution in [0, 0.1) is 0 Å². The molecule has 0 atom stereocenters. The van der Waals surface area contributed by atoms with Crippen LogP contribution in [0.1, 0.15) is 24.5 Å². The minimum absolute atomic E-state index is 0.458. The Morgan fingerprint density at radius 1 is 1.26 bits per heavy atom. The molecule has 0 spiro atoms. The van der Waals surface area contributed by atoms with Crippen molar-refractivity contribution in [2.45, 2.75) is 18.8 Å². The summed E-state index contributed by atoms with van der Waals surface area (Å²) in [6, 6.07) is 5.38. The molecule has 0 amide bonds. The fraction of sp³-hybridized carbons (Fsp3) is 0.333. The summed E-state index contributed by atoms with van der Waals surface area (Å²) in [6.45, 7) is 0. The number of hydrazine groups is 1. The van der Waals surface area contributed by atoms with E-state index in [9.17, 15) is 0 Å². The number of ether oxygens (including phenoxy) is 1. The van der Waals surface area contributed by atoms with Crippen molar-refractivity contribution in [1.29, 1.82) is 0 Å². The zero-order valence-corrected chi connectivity index (χ0v) is 10.5. The molecule has 1 fully saturated rings. The molecular formula is C12H14N6O. The van der Waals surface area contributed by atoms with E-state index in [2.05, 4.69) is 25.6 Å². The molecule has 0 saturated heterocycles. The summed E-state index contributed by atoms with van der Waals surface area (Å²) in [5, 5.41) is 7.96. The van der Waals surface area contributed by atoms with Gasteiger partial charge in [-0.3, -0.25) is 0 Å². The number of hydrogen-bond donors (Lipinski definition) is 2. The number of nitrogen functional groups attached to an aromatic ring is 1. The number of rotatable bonds is 4. The lowest BCUT2D eigenvalue weighted by Gasteiger charge is -2.06. The van der Waals surface area contributed by atoms with Gasteiger partial charge in [0, 0.05) is 23.7 Å². The SMILES string of the molecule is COc1ccc(-c2nc(NN)cc(C3CC3)n2)nn1. The third-order valence-corrected chi connectivity index (χ3v) is 2.97. The topological polar surface area (TPSA) is 98.8 Å². The molecule has 0 radical (unpaired) electrons. The first-order valence-corrected chi connectivity index (χ1v) is 6.04. The quantitative estimate of drug-likeness (QED) is 0.625. The summed E-state index contributed by atoms with van der Waals surface area (Å²) in [4.78, 5) is 8.82. The highest BCUT2D eigenvalue weighted by Crippen LogP contribution is 2.39. The maximum absolute atomic E-state index is 5.44. The van der Waals surface area contributed by atoms with Crippen LogP contribution in [0.15, 0.2) is 18.2 Å². The summed E-state index contributed by atoms with van der Waals surface area (Å²) in [5.74, 6) is 7.52. The Bertz CT molecular complexity index is 581. The average molecular weight is 258 g/mol. The fourth-order valence-electron chi connectivity index (χ4n) is 1.79. The molecule has 0 aliphatic heterocycles. The van der Waals surface area contributed by atoms with Crippen molar-refractivity contribution in [2.75, 3.05) is 12.5 Å². The first kappa shape index (κ1) is 11.8. The second-order valence-electron chi connectivity index (χ2n) is 4.38. The molecule has 0 unspecified atom stereocenters. The second-order valence-corrected chi connectivity index (χ2v) is 4.38. The van der Waals surface area contributed by atoms with Crippen molar-refractivity contribution in [2.24, 2.45) is 5.84 Å². The molecule has 2 heterocycles. The molecule has 19 heavy (non-hydrogen) atoms. The zero-order chi connectivity index (χ0) is 13.2. The minimum atomic E-state index is 0.458. The molecule has 2 aromatic heterocycles. The number of anilines is 1. The van der Waals surface area contributed by atoms with E-state index in [1.807, 2.05) is 6.07 Å². The summed E-state index contributed by atoms with van der Waals surface area (Å²) in [6.07, 6.45) is 2.32. The Balaban J connectivity index is 1.99. The number of nitrogens with one attached hydrogen (secondary N) is 1. The Labute approximate surface area is 110 Å². The molecule has 2 aromatic rings. The third kappa shape index (κ3) is 2.45. The molecule has 98 valence electrons. The average Bonchev–Trinajstić information content (AvgIpc) is 3.31. The lowest BCUT2D eigenvalue weighted by atomic mass is 10.2. The molecule has 0 aromatic carbocycles. The van der Waals surface area contributed by atoms with Gasteiger partial charge < -0.3 is 10.2 Å². The second kappa shape index (κ2) is 4.77. The van der Waals surface area contributed by atoms with Crippen LogP contribution in [-0.4, -0.2) is 27.3 Å². The Kier molecular flexibility index (Phi) is 2.96. The molecule has 1 aliphatic rings. The van der Waals surface area contributed by atoms with Crippen molar-refractivity contribution < 1.29 is 4.74 Å². The molecule has 7 nitrogen and oxygen atoms in total.